The van der Waals surface area contributed by atoms with Crippen molar-refractivity contribution >= 4 is 16.0 Å². The van der Waals surface area contributed by atoms with Gasteiger partial charge in [-0.15, -0.1) is 0 Å². The average Bonchev–Trinajstić information content (AvgIpc) is 2.16. The zero-order chi connectivity index (χ0) is 11.9. The van der Waals surface area contributed by atoms with Crippen molar-refractivity contribution in [3.8, 4) is 0 Å². The first-order valence-corrected chi connectivity index (χ1v) is 6.34. The van der Waals surface area contributed by atoms with E-state index in [0.29, 0.717) is 0 Å². The van der Waals surface area contributed by atoms with Crippen LogP contribution in [0, 0.1) is 0 Å². The van der Waals surface area contributed by atoms with Crippen molar-refractivity contribution < 1.29 is 17.9 Å². The third-order valence-electron chi connectivity index (χ3n) is 1.79. The summed E-state index contributed by atoms with van der Waals surface area (Å²) >= 11 is 0. The Morgan fingerprint density at radius 3 is 2.53 bits per heavy atom. The molecule has 0 fully saturated rings. The molecule has 15 heavy (non-hydrogen) atoms. The Hall–Kier alpha value is -0.660. The summed E-state index contributed by atoms with van der Waals surface area (Å²) in [4.78, 5) is 10.9. The number of rotatable bonds is 7. The topological polar surface area (TPSA) is 89.7 Å². The van der Waals surface area contributed by atoms with E-state index in [2.05, 4.69) is 4.74 Å². The molecular formula is C8H18N2O4S. The van der Waals surface area contributed by atoms with Crippen LogP contribution in [0.2, 0.25) is 0 Å². The SMILES string of the molecule is CCOC(=O)CCS(=O)(=O)N(C)CCN. The molecule has 2 N–H and O–H groups in total. The highest BCUT2D eigenvalue weighted by atomic mass is 32.2. The van der Waals surface area contributed by atoms with Crippen LogP contribution in [0.3, 0.4) is 0 Å². The minimum atomic E-state index is -3.38. The van der Waals surface area contributed by atoms with Gasteiger partial charge in [-0.05, 0) is 6.92 Å². The van der Waals surface area contributed by atoms with Crippen LogP contribution in [0.25, 0.3) is 0 Å². The number of sulfonamides is 1. The van der Waals surface area contributed by atoms with Crippen molar-refractivity contribution in [3.63, 3.8) is 0 Å². The molecule has 0 heterocycles. The van der Waals surface area contributed by atoms with Gasteiger partial charge in [0.05, 0.1) is 18.8 Å². The number of esters is 1. The van der Waals surface area contributed by atoms with Crippen molar-refractivity contribution in [2.24, 2.45) is 5.73 Å². The van der Waals surface area contributed by atoms with Crippen molar-refractivity contribution in [1.82, 2.24) is 4.31 Å². The summed E-state index contributed by atoms with van der Waals surface area (Å²) in [6, 6.07) is 0. The number of carbonyl (C=O) groups is 1. The number of nitrogens with two attached hydrogens (primary N) is 1. The summed E-state index contributed by atoms with van der Waals surface area (Å²) in [6.07, 6.45) is -0.120. The van der Waals surface area contributed by atoms with Crippen LogP contribution in [0.5, 0.6) is 0 Å². The third-order valence-corrected chi connectivity index (χ3v) is 3.64. The zero-order valence-electron chi connectivity index (χ0n) is 9.10. The molecule has 0 saturated heterocycles. The van der Waals surface area contributed by atoms with E-state index in [0.717, 1.165) is 4.31 Å². The van der Waals surface area contributed by atoms with Crippen LogP contribution in [-0.4, -0.2) is 51.2 Å². The van der Waals surface area contributed by atoms with Crippen molar-refractivity contribution in [2.45, 2.75) is 13.3 Å². The third kappa shape index (κ3) is 5.71. The lowest BCUT2D eigenvalue weighted by Crippen LogP contribution is -2.34. The normalized spacial score (nSPS) is 11.7. The average molecular weight is 238 g/mol. The first kappa shape index (κ1) is 14.3. The van der Waals surface area contributed by atoms with Gasteiger partial charge >= 0.3 is 5.97 Å². The maximum Gasteiger partial charge on any atom is 0.306 e. The predicted molar refractivity (Wildman–Crippen MR) is 56.7 cm³/mol. The van der Waals surface area contributed by atoms with E-state index >= 15 is 0 Å². The second kappa shape index (κ2) is 6.76. The number of ether oxygens (including phenoxy) is 1. The molecule has 0 radical (unpaired) electrons. The van der Waals surface area contributed by atoms with Gasteiger partial charge in [-0.3, -0.25) is 4.79 Å². The number of hydrogen-bond acceptors (Lipinski definition) is 5. The van der Waals surface area contributed by atoms with E-state index in [4.69, 9.17) is 5.73 Å². The second-order valence-electron chi connectivity index (χ2n) is 2.98. The lowest BCUT2D eigenvalue weighted by Gasteiger charge is -2.15. The van der Waals surface area contributed by atoms with E-state index in [9.17, 15) is 13.2 Å². The first-order chi connectivity index (χ1) is 6.94. The molecule has 0 unspecified atom stereocenters. The molecule has 0 aromatic heterocycles. The molecule has 0 spiro atoms. The van der Waals surface area contributed by atoms with Gasteiger partial charge in [0.1, 0.15) is 0 Å². The van der Waals surface area contributed by atoms with E-state index in [1.54, 1.807) is 6.92 Å². The lowest BCUT2D eigenvalue weighted by atomic mass is 10.5. The minimum absolute atomic E-state index is 0.120. The van der Waals surface area contributed by atoms with Crippen molar-refractivity contribution in [1.29, 1.82) is 0 Å². The van der Waals surface area contributed by atoms with E-state index in [1.165, 1.54) is 7.05 Å². The van der Waals surface area contributed by atoms with Crippen LogP contribution >= 0.6 is 0 Å². The van der Waals surface area contributed by atoms with E-state index in [1.807, 2.05) is 0 Å². The van der Waals surface area contributed by atoms with Gasteiger partial charge in [-0.25, -0.2) is 12.7 Å². The molecule has 0 saturated carbocycles. The summed E-state index contributed by atoms with van der Waals surface area (Å²) in [6.45, 7) is 2.45. The molecule has 6 nitrogen and oxygen atoms in total. The summed E-state index contributed by atoms with van der Waals surface area (Å²) in [7, 11) is -1.95. The molecule has 0 atom stereocenters. The molecule has 90 valence electrons. The fourth-order valence-corrected chi connectivity index (χ4v) is 2.04. The highest BCUT2D eigenvalue weighted by molar-refractivity contribution is 7.89. The van der Waals surface area contributed by atoms with Crippen molar-refractivity contribution in [2.75, 3.05) is 32.5 Å². The van der Waals surface area contributed by atoms with E-state index in [-0.39, 0.29) is 31.9 Å². The molecule has 0 amide bonds. The summed E-state index contributed by atoms with van der Waals surface area (Å²) in [5, 5.41) is 0. The van der Waals surface area contributed by atoms with Gasteiger partial charge in [0.15, 0.2) is 0 Å². The van der Waals surface area contributed by atoms with Gasteiger partial charge in [0.2, 0.25) is 10.0 Å². The molecule has 0 bridgehead atoms. The maximum atomic E-state index is 11.5. The Bertz CT molecular complexity index is 289. The van der Waals surface area contributed by atoms with Gasteiger partial charge in [-0.1, -0.05) is 0 Å². The van der Waals surface area contributed by atoms with Crippen molar-refractivity contribution in [3.05, 3.63) is 0 Å². The van der Waals surface area contributed by atoms with Gasteiger partial charge in [0.25, 0.3) is 0 Å². The number of carbonyl (C=O) groups excluding carboxylic acids is 1. The quantitative estimate of drug-likeness (QED) is 0.584. The number of nitrogens with zero attached hydrogens (tertiary/aromatic N) is 1. The Kier molecular flexibility index (Phi) is 6.46. The van der Waals surface area contributed by atoms with Gasteiger partial charge < -0.3 is 10.5 Å². The molecule has 0 aliphatic carbocycles. The first-order valence-electron chi connectivity index (χ1n) is 4.73. The highest BCUT2D eigenvalue weighted by Gasteiger charge is 2.18. The van der Waals surface area contributed by atoms with Gasteiger partial charge in [-0.2, -0.15) is 0 Å². The maximum absolute atomic E-state index is 11.5. The van der Waals surface area contributed by atoms with Crippen LogP contribution in [0.15, 0.2) is 0 Å². The fraction of sp³-hybridized carbons (Fsp3) is 0.875. The summed E-state index contributed by atoms with van der Waals surface area (Å²) in [5.74, 6) is -0.732. The Labute approximate surface area is 90.4 Å². The van der Waals surface area contributed by atoms with Crippen LogP contribution in [0.1, 0.15) is 13.3 Å². The minimum Gasteiger partial charge on any atom is -0.466 e. The molecule has 0 rings (SSSR count). The molecule has 0 aliphatic rings. The Morgan fingerprint density at radius 1 is 1.47 bits per heavy atom. The largest absolute Gasteiger partial charge is 0.466 e. The lowest BCUT2D eigenvalue weighted by molar-refractivity contribution is -0.142. The summed E-state index contributed by atoms with van der Waals surface area (Å²) in [5.41, 5.74) is 5.23. The molecule has 0 aliphatic heterocycles. The smallest absolute Gasteiger partial charge is 0.306 e. The monoisotopic (exact) mass is 238 g/mol. The number of hydrogen-bond donors (Lipinski definition) is 1. The molecular weight excluding hydrogens is 220 g/mol. The Morgan fingerprint density at radius 2 is 2.07 bits per heavy atom. The highest BCUT2D eigenvalue weighted by Crippen LogP contribution is 2.00. The molecule has 0 aromatic rings. The Balaban J connectivity index is 4.10. The predicted octanol–water partition coefficient (Wildman–Crippen LogP) is -0.840. The standard InChI is InChI=1S/C8H18N2O4S/c1-3-14-8(11)4-7-15(12,13)10(2)6-5-9/h3-7,9H2,1-2H3. The van der Waals surface area contributed by atoms with Crippen LogP contribution in [0.4, 0.5) is 0 Å². The molecule has 7 heteroatoms. The second-order valence-corrected chi connectivity index (χ2v) is 5.18. The number of likely N-dealkylation sites (N-methyl/N-ethyl adjacent to an activating group) is 1. The summed E-state index contributed by atoms with van der Waals surface area (Å²) < 4.78 is 28.8. The van der Waals surface area contributed by atoms with Crippen LogP contribution < -0.4 is 5.73 Å². The zero-order valence-corrected chi connectivity index (χ0v) is 9.92. The van der Waals surface area contributed by atoms with Gasteiger partial charge in [0, 0.05) is 20.1 Å². The fourth-order valence-electron chi connectivity index (χ4n) is 0.922. The van der Waals surface area contributed by atoms with Crippen LogP contribution in [-0.2, 0) is 19.6 Å². The van der Waals surface area contributed by atoms with E-state index < -0.39 is 16.0 Å². The molecule has 0 aromatic carbocycles.